The fraction of sp³-hybridized carbons (Fsp3) is 0.923. The van der Waals surface area contributed by atoms with E-state index in [4.69, 9.17) is 9.47 Å². The molecule has 0 aromatic carbocycles. The first-order valence-corrected chi connectivity index (χ1v) is 6.97. The van der Waals surface area contributed by atoms with Gasteiger partial charge in [0, 0.05) is 52.4 Å². The predicted octanol–water partition coefficient (Wildman–Crippen LogP) is -0.892. The van der Waals surface area contributed by atoms with Gasteiger partial charge in [0.1, 0.15) is 6.61 Å². The summed E-state index contributed by atoms with van der Waals surface area (Å²) in [5.41, 5.74) is 0. The van der Waals surface area contributed by atoms with Crippen LogP contribution in [0, 0.1) is 0 Å². The summed E-state index contributed by atoms with van der Waals surface area (Å²) in [5, 5.41) is 0. The smallest absolute Gasteiger partial charge is 0.248 e. The Kier molecular flexibility index (Phi) is 5.57. The number of amides is 1. The lowest BCUT2D eigenvalue weighted by Gasteiger charge is -2.46. The number of fused-ring (bicyclic) bond motifs is 1. The average molecular weight is 271 g/mol. The highest BCUT2D eigenvalue weighted by Crippen LogP contribution is 2.14. The zero-order valence-electron chi connectivity index (χ0n) is 12.0. The van der Waals surface area contributed by atoms with Gasteiger partial charge in [0.2, 0.25) is 5.91 Å². The topological polar surface area (TPSA) is 45.3 Å². The fourth-order valence-corrected chi connectivity index (χ4v) is 2.73. The van der Waals surface area contributed by atoms with Crippen LogP contribution >= 0.6 is 0 Å². The Morgan fingerprint density at radius 3 is 2.74 bits per heavy atom. The Balaban J connectivity index is 1.74. The molecule has 0 aliphatic carbocycles. The van der Waals surface area contributed by atoms with Gasteiger partial charge in [-0.1, -0.05) is 0 Å². The molecule has 0 aromatic rings. The van der Waals surface area contributed by atoms with Crippen molar-refractivity contribution in [1.29, 1.82) is 0 Å². The monoisotopic (exact) mass is 271 g/mol. The predicted molar refractivity (Wildman–Crippen MR) is 72.1 cm³/mol. The van der Waals surface area contributed by atoms with Gasteiger partial charge in [-0.05, 0) is 7.05 Å². The van der Waals surface area contributed by atoms with Gasteiger partial charge < -0.3 is 19.3 Å². The Morgan fingerprint density at radius 1 is 1.16 bits per heavy atom. The molecular weight excluding hydrogens is 246 g/mol. The molecule has 2 aliphatic heterocycles. The van der Waals surface area contributed by atoms with Crippen LogP contribution in [-0.4, -0.2) is 99.9 Å². The highest BCUT2D eigenvalue weighted by Gasteiger charge is 2.32. The van der Waals surface area contributed by atoms with Gasteiger partial charge in [-0.15, -0.1) is 0 Å². The van der Waals surface area contributed by atoms with Gasteiger partial charge in [0.05, 0.1) is 13.2 Å². The maximum absolute atomic E-state index is 12.0. The molecule has 0 radical (unpaired) electrons. The van der Waals surface area contributed by atoms with Gasteiger partial charge in [-0.2, -0.15) is 0 Å². The molecule has 0 aromatic heterocycles. The molecule has 0 saturated carbocycles. The molecule has 0 spiro atoms. The van der Waals surface area contributed by atoms with Crippen molar-refractivity contribution in [2.24, 2.45) is 0 Å². The van der Waals surface area contributed by atoms with Crippen LogP contribution in [-0.2, 0) is 14.3 Å². The van der Waals surface area contributed by atoms with Crippen molar-refractivity contribution in [3.05, 3.63) is 0 Å². The quantitative estimate of drug-likeness (QED) is 0.607. The van der Waals surface area contributed by atoms with E-state index in [1.807, 2.05) is 4.90 Å². The molecule has 0 bridgehead atoms. The summed E-state index contributed by atoms with van der Waals surface area (Å²) in [7, 11) is 3.77. The third kappa shape index (κ3) is 4.14. The lowest BCUT2D eigenvalue weighted by molar-refractivity contribution is -0.140. The molecule has 2 saturated heterocycles. The number of carbonyl (C=O) groups is 1. The van der Waals surface area contributed by atoms with E-state index in [2.05, 4.69) is 16.8 Å². The summed E-state index contributed by atoms with van der Waals surface area (Å²) >= 11 is 0. The summed E-state index contributed by atoms with van der Waals surface area (Å²) in [6, 6.07) is 0.482. The maximum atomic E-state index is 12.0. The van der Waals surface area contributed by atoms with E-state index >= 15 is 0 Å². The highest BCUT2D eigenvalue weighted by molar-refractivity contribution is 5.77. The minimum absolute atomic E-state index is 0.101. The van der Waals surface area contributed by atoms with Gasteiger partial charge in [-0.25, -0.2) is 0 Å². The number of hydrogen-bond acceptors (Lipinski definition) is 5. The minimum atomic E-state index is 0.101. The maximum Gasteiger partial charge on any atom is 0.248 e. The first kappa shape index (κ1) is 14.7. The fourth-order valence-electron chi connectivity index (χ4n) is 2.73. The molecule has 1 amide bonds. The molecular formula is C13H25N3O3. The molecule has 1 atom stereocenters. The number of carbonyl (C=O) groups excluding carboxylic acids is 1. The molecule has 2 heterocycles. The number of methoxy groups -OCH3 is 1. The van der Waals surface area contributed by atoms with E-state index in [9.17, 15) is 4.79 Å². The molecule has 2 aliphatic rings. The molecule has 19 heavy (non-hydrogen) atoms. The van der Waals surface area contributed by atoms with Crippen molar-refractivity contribution in [1.82, 2.24) is 14.7 Å². The van der Waals surface area contributed by atoms with Crippen molar-refractivity contribution in [3.63, 3.8) is 0 Å². The first-order valence-electron chi connectivity index (χ1n) is 6.97. The SMILES string of the molecule is COCCOCC(=O)N1CCN2CCN(C)C[C@H]2C1. The Labute approximate surface area is 115 Å². The lowest BCUT2D eigenvalue weighted by Crippen LogP contribution is -2.62. The third-order valence-electron chi connectivity index (χ3n) is 3.91. The summed E-state index contributed by atoms with van der Waals surface area (Å²) < 4.78 is 10.2. The van der Waals surface area contributed by atoms with E-state index < -0.39 is 0 Å². The number of hydrogen-bond donors (Lipinski definition) is 0. The number of nitrogens with zero attached hydrogens (tertiary/aromatic N) is 3. The number of rotatable bonds is 5. The second-order valence-corrected chi connectivity index (χ2v) is 5.34. The summed E-state index contributed by atoms with van der Waals surface area (Å²) in [6.07, 6.45) is 0. The van der Waals surface area contributed by atoms with Gasteiger partial charge in [0.15, 0.2) is 0 Å². The molecule has 0 unspecified atom stereocenters. The van der Waals surface area contributed by atoms with Crippen LogP contribution in [0.1, 0.15) is 0 Å². The van der Waals surface area contributed by atoms with Crippen LogP contribution in [0.5, 0.6) is 0 Å². The van der Waals surface area contributed by atoms with E-state index in [0.29, 0.717) is 19.3 Å². The normalized spacial score (nSPS) is 25.4. The van der Waals surface area contributed by atoms with E-state index in [-0.39, 0.29) is 12.5 Å². The Hall–Kier alpha value is -0.690. The average Bonchev–Trinajstić information content (AvgIpc) is 2.42. The van der Waals surface area contributed by atoms with Crippen LogP contribution < -0.4 is 0 Å². The van der Waals surface area contributed by atoms with Crippen molar-refractivity contribution in [2.45, 2.75) is 6.04 Å². The summed E-state index contributed by atoms with van der Waals surface area (Å²) in [6.45, 7) is 7.13. The lowest BCUT2D eigenvalue weighted by atomic mass is 10.1. The standard InChI is InChI=1S/C13H25N3O3/c1-14-3-4-15-5-6-16(10-12(15)9-14)13(17)11-19-8-7-18-2/h12H,3-11H2,1-2H3/t12-/m0/s1. The van der Waals surface area contributed by atoms with Crippen LogP contribution in [0.25, 0.3) is 0 Å². The summed E-state index contributed by atoms with van der Waals surface area (Å²) in [5.74, 6) is 0.101. The zero-order chi connectivity index (χ0) is 13.7. The van der Waals surface area contributed by atoms with Crippen LogP contribution in [0.2, 0.25) is 0 Å². The van der Waals surface area contributed by atoms with Gasteiger partial charge >= 0.3 is 0 Å². The molecule has 0 N–H and O–H groups in total. The largest absolute Gasteiger partial charge is 0.382 e. The Morgan fingerprint density at radius 2 is 1.95 bits per heavy atom. The van der Waals surface area contributed by atoms with Crippen LogP contribution in [0.15, 0.2) is 0 Å². The van der Waals surface area contributed by atoms with Crippen molar-refractivity contribution < 1.29 is 14.3 Å². The molecule has 110 valence electrons. The van der Waals surface area contributed by atoms with Crippen molar-refractivity contribution >= 4 is 5.91 Å². The summed E-state index contributed by atoms with van der Waals surface area (Å²) in [4.78, 5) is 18.8. The number of ether oxygens (including phenoxy) is 2. The van der Waals surface area contributed by atoms with E-state index in [0.717, 1.165) is 39.3 Å². The van der Waals surface area contributed by atoms with E-state index in [1.165, 1.54) is 0 Å². The van der Waals surface area contributed by atoms with Crippen LogP contribution in [0.3, 0.4) is 0 Å². The minimum Gasteiger partial charge on any atom is -0.382 e. The second-order valence-electron chi connectivity index (χ2n) is 5.34. The second kappa shape index (κ2) is 7.19. The zero-order valence-corrected chi connectivity index (χ0v) is 12.0. The highest BCUT2D eigenvalue weighted by atomic mass is 16.5. The first-order chi connectivity index (χ1) is 9.20. The molecule has 2 rings (SSSR count). The van der Waals surface area contributed by atoms with Crippen molar-refractivity contribution in [2.75, 3.05) is 73.2 Å². The van der Waals surface area contributed by atoms with Gasteiger partial charge in [-0.3, -0.25) is 9.69 Å². The third-order valence-corrected chi connectivity index (χ3v) is 3.91. The molecule has 2 fully saturated rings. The van der Waals surface area contributed by atoms with Gasteiger partial charge in [0.25, 0.3) is 0 Å². The number of likely N-dealkylation sites (N-methyl/N-ethyl adjacent to an activating group) is 1. The molecule has 6 heteroatoms. The van der Waals surface area contributed by atoms with Crippen molar-refractivity contribution in [3.8, 4) is 0 Å². The van der Waals surface area contributed by atoms with E-state index in [1.54, 1.807) is 7.11 Å². The Bertz CT molecular complexity index is 301. The number of piperazine rings is 2. The van der Waals surface area contributed by atoms with Crippen LogP contribution in [0.4, 0.5) is 0 Å². The molecule has 6 nitrogen and oxygen atoms in total.